The minimum Gasteiger partial charge on any atom is -0.395 e. The zero-order chi connectivity index (χ0) is 29.2. The molecule has 4 heterocycles. The fourth-order valence-corrected chi connectivity index (χ4v) is 7.49. The van der Waals surface area contributed by atoms with Crippen LogP contribution < -0.4 is 14.5 Å². The molecule has 3 aromatic rings. The van der Waals surface area contributed by atoms with Gasteiger partial charge in [0.25, 0.3) is 5.92 Å². The van der Waals surface area contributed by atoms with Crippen LogP contribution in [0.4, 0.5) is 26.1 Å². The number of piperidine rings is 2. The van der Waals surface area contributed by atoms with E-state index in [0.717, 1.165) is 37.3 Å². The molecule has 0 atom stereocenters. The van der Waals surface area contributed by atoms with Crippen molar-refractivity contribution in [2.75, 3.05) is 47.3 Å². The molecule has 0 radical (unpaired) electrons. The van der Waals surface area contributed by atoms with Crippen molar-refractivity contribution in [3.63, 3.8) is 0 Å². The fraction of sp³-hybridized carbons (Fsp3) is 0.571. The van der Waals surface area contributed by atoms with E-state index in [1.165, 1.54) is 12.8 Å². The Morgan fingerprint density at radius 1 is 0.881 bits per heavy atom. The van der Waals surface area contributed by atoms with Crippen molar-refractivity contribution in [2.45, 2.75) is 62.0 Å². The van der Waals surface area contributed by atoms with Gasteiger partial charge in [0.1, 0.15) is 10.4 Å². The van der Waals surface area contributed by atoms with Crippen molar-refractivity contribution < 1.29 is 22.3 Å². The van der Waals surface area contributed by atoms with Crippen molar-refractivity contribution in [3.05, 3.63) is 36.7 Å². The molecule has 2 N–H and O–H groups in total. The Hall–Kier alpha value is -3.39. The van der Waals surface area contributed by atoms with Crippen LogP contribution in [0.25, 0.3) is 17.1 Å². The smallest absolute Gasteiger partial charge is 0.251 e. The van der Waals surface area contributed by atoms with Gasteiger partial charge in [-0.15, -0.1) is 5.10 Å². The number of rotatable bonds is 8. The second-order valence-corrected chi connectivity index (χ2v) is 14.3. The van der Waals surface area contributed by atoms with Gasteiger partial charge < -0.3 is 14.9 Å². The average molecular weight is 601 g/mol. The van der Waals surface area contributed by atoms with Gasteiger partial charge in [-0.3, -0.25) is 4.72 Å². The van der Waals surface area contributed by atoms with E-state index in [1.807, 2.05) is 12.1 Å². The standard InChI is InChI=1S/C28H34F2N8O3S/c29-28(30)10-15-37(16-11-28)25-31-12-3-21(32-25)22-18-38(35-33-22)23-2-1-20(34-42(40,41)27(19-39)6-7-27)17-24(23)36-13-8-26(4-5-26)9-14-36/h1-3,12,17-18,34,39H,4-11,13-16,19H2. The van der Waals surface area contributed by atoms with E-state index < -0.39 is 27.3 Å². The van der Waals surface area contributed by atoms with E-state index in [-0.39, 0.29) is 25.9 Å². The number of aromatic nitrogens is 5. The molecule has 2 saturated carbocycles. The second-order valence-electron chi connectivity index (χ2n) is 12.3. The molecule has 2 aliphatic carbocycles. The number of nitrogens with one attached hydrogen (secondary N) is 1. The van der Waals surface area contributed by atoms with E-state index in [2.05, 4.69) is 29.9 Å². The number of alkyl halides is 2. The Morgan fingerprint density at radius 2 is 1.60 bits per heavy atom. The molecule has 4 aliphatic rings. The second kappa shape index (κ2) is 9.83. The molecular weight excluding hydrogens is 566 g/mol. The van der Waals surface area contributed by atoms with Crippen LogP contribution in [0.1, 0.15) is 51.4 Å². The topological polar surface area (TPSA) is 129 Å². The predicted molar refractivity (Wildman–Crippen MR) is 153 cm³/mol. The minimum absolute atomic E-state index is 0.180. The first kappa shape index (κ1) is 27.4. The third-order valence-electron chi connectivity index (χ3n) is 9.44. The Kier molecular flexibility index (Phi) is 6.42. The zero-order valence-corrected chi connectivity index (χ0v) is 24.0. The lowest BCUT2D eigenvalue weighted by molar-refractivity contribution is -0.0222. The molecule has 0 bridgehead atoms. The normalized spacial score (nSPS) is 22.3. The summed E-state index contributed by atoms with van der Waals surface area (Å²) in [6.07, 6.45) is 8.48. The highest BCUT2D eigenvalue weighted by molar-refractivity contribution is 7.94. The van der Waals surface area contributed by atoms with Crippen LogP contribution in [0.2, 0.25) is 0 Å². The number of hydrogen-bond acceptors (Lipinski definition) is 9. The Bertz CT molecular complexity index is 1590. The molecule has 1 spiro atoms. The Labute approximate surface area is 243 Å². The van der Waals surface area contributed by atoms with Crippen LogP contribution in [-0.4, -0.2) is 81.9 Å². The van der Waals surface area contributed by atoms with Crippen LogP contribution in [0, 0.1) is 5.41 Å². The van der Waals surface area contributed by atoms with Crippen molar-refractivity contribution in [2.24, 2.45) is 5.41 Å². The summed E-state index contributed by atoms with van der Waals surface area (Å²) in [7, 11) is -3.75. The summed E-state index contributed by atoms with van der Waals surface area (Å²) in [5, 5.41) is 18.4. The summed E-state index contributed by atoms with van der Waals surface area (Å²) < 4.78 is 56.6. The third-order valence-corrected chi connectivity index (χ3v) is 11.6. The van der Waals surface area contributed by atoms with E-state index in [0.29, 0.717) is 41.3 Å². The van der Waals surface area contributed by atoms with Gasteiger partial charge in [0.05, 0.1) is 35.6 Å². The van der Waals surface area contributed by atoms with Gasteiger partial charge in [-0.25, -0.2) is 31.8 Å². The molecule has 2 saturated heterocycles. The molecule has 42 heavy (non-hydrogen) atoms. The Balaban J connectivity index is 1.17. The summed E-state index contributed by atoms with van der Waals surface area (Å²) in [5.74, 6) is -2.27. The first-order valence-electron chi connectivity index (χ1n) is 14.5. The maximum Gasteiger partial charge on any atom is 0.251 e. The van der Waals surface area contributed by atoms with Crippen LogP contribution >= 0.6 is 0 Å². The zero-order valence-electron chi connectivity index (χ0n) is 23.2. The molecule has 224 valence electrons. The lowest BCUT2D eigenvalue weighted by atomic mass is 9.93. The van der Waals surface area contributed by atoms with Gasteiger partial charge >= 0.3 is 0 Å². The number of aliphatic hydroxyl groups is 1. The maximum absolute atomic E-state index is 13.7. The summed E-state index contributed by atoms with van der Waals surface area (Å²) in [4.78, 5) is 12.9. The van der Waals surface area contributed by atoms with Crippen LogP contribution in [0.5, 0.6) is 0 Å². The largest absolute Gasteiger partial charge is 0.395 e. The Morgan fingerprint density at radius 3 is 2.26 bits per heavy atom. The molecular formula is C28H34F2N8O3S. The number of aliphatic hydroxyl groups excluding tert-OH is 1. The van der Waals surface area contributed by atoms with Crippen molar-refractivity contribution >= 4 is 27.3 Å². The number of benzene rings is 1. The third kappa shape index (κ3) is 5.08. The highest BCUT2D eigenvalue weighted by Crippen LogP contribution is 2.54. The number of anilines is 3. The van der Waals surface area contributed by atoms with Gasteiger partial charge in [0.2, 0.25) is 16.0 Å². The van der Waals surface area contributed by atoms with Crippen molar-refractivity contribution in [3.8, 4) is 17.1 Å². The fourth-order valence-electron chi connectivity index (χ4n) is 6.02. The van der Waals surface area contributed by atoms with Gasteiger partial charge in [0.15, 0.2) is 0 Å². The van der Waals surface area contributed by atoms with Crippen molar-refractivity contribution in [1.82, 2.24) is 25.0 Å². The molecule has 2 aromatic heterocycles. The lowest BCUT2D eigenvalue weighted by Gasteiger charge is -2.35. The van der Waals surface area contributed by atoms with Gasteiger partial charge in [-0.05, 0) is 68.2 Å². The number of nitrogens with zero attached hydrogens (tertiary/aromatic N) is 7. The van der Waals surface area contributed by atoms with E-state index in [1.54, 1.807) is 34.1 Å². The SMILES string of the molecule is O=S(=O)(Nc1ccc(-n2cc(-c3ccnc(N4CCC(F)(F)CC4)n3)nn2)c(N2CCC3(CC2)CC3)c1)C1(CO)CC1. The summed E-state index contributed by atoms with van der Waals surface area (Å²) in [6, 6.07) is 7.07. The predicted octanol–water partition coefficient (Wildman–Crippen LogP) is 3.61. The summed E-state index contributed by atoms with van der Waals surface area (Å²) >= 11 is 0. The molecule has 1 aromatic carbocycles. The minimum atomic E-state index is -3.75. The number of sulfonamides is 1. The quantitative estimate of drug-likeness (QED) is 0.398. The molecule has 14 heteroatoms. The highest BCUT2D eigenvalue weighted by Gasteiger charge is 2.54. The number of halogens is 2. The van der Waals surface area contributed by atoms with Crippen LogP contribution in [0.15, 0.2) is 36.7 Å². The summed E-state index contributed by atoms with van der Waals surface area (Å²) in [5.41, 5.74) is 3.53. The summed E-state index contributed by atoms with van der Waals surface area (Å²) in [6.45, 7) is 1.67. The van der Waals surface area contributed by atoms with Gasteiger partial charge in [-0.2, -0.15) is 0 Å². The molecule has 7 rings (SSSR count). The van der Waals surface area contributed by atoms with Crippen LogP contribution in [-0.2, 0) is 10.0 Å². The average Bonchev–Trinajstić information content (AvgIpc) is 3.90. The molecule has 4 fully saturated rings. The van der Waals surface area contributed by atoms with Crippen molar-refractivity contribution in [1.29, 1.82) is 0 Å². The molecule has 0 amide bonds. The first-order chi connectivity index (χ1) is 20.1. The monoisotopic (exact) mass is 600 g/mol. The first-order valence-corrected chi connectivity index (χ1v) is 16.0. The maximum atomic E-state index is 13.7. The van der Waals surface area contributed by atoms with E-state index >= 15 is 0 Å². The van der Waals surface area contributed by atoms with E-state index in [9.17, 15) is 22.3 Å². The lowest BCUT2D eigenvalue weighted by Crippen LogP contribution is -2.40. The number of hydrogen-bond donors (Lipinski definition) is 2. The van der Waals surface area contributed by atoms with Gasteiger partial charge in [0, 0.05) is 45.2 Å². The molecule has 2 aliphatic heterocycles. The highest BCUT2D eigenvalue weighted by atomic mass is 32.2. The van der Waals surface area contributed by atoms with Gasteiger partial charge in [-0.1, -0.05) is 5.21 Å². The van der Waals surface area contributed by atoms with Crippen LogP contribution in [0.3, 0.4) is 0 Å². The molecule has 0 unspecified atom stereocenters. The molecule has 11 nitrogen and oxygen atoms in total. The van der Waals surface area contributed by atoms with E-state index in [4.69, 9.17) is 0 Å².